The molecule has 7 heteroatoms. The van der Waals surface area contributed by atoms with Crippen molar-refractivity contribution in [2.24, 2.45) is 17.8 Å². The van der Waals surface area contributed by atoms with E-state index in [4.69, 9.17) is 4.42 Å². The van der Waals surface area contributed by atoms with E-state index in [0.717, 1.165) is 28.5 Å². The molecular weight excluding hydrogens is 420 g/mol. The molecule has 0 aliphatic heterocycles. The van der Waals surface area contributed by atoms with Gasteiger partial charge < -0.3 is 9.73 Å². The molecule has 4 aliphatic rings. The zero-order valence-electron chi connectivity index (χ0n) is 18.1. The Labute approximate surface area is 192 Å². The summed E-state index contributed by atoms with van der Waals surface area (Å²) in [5.74, 6) is 4.29. The molecule has 2 heterocycles. The average Bonchev–Trinajstić information content (AvgIpc) is 3.42. The zero-order valence-corrected chi connectivity index (χ0v) is 18.9. The second-order valence-electron chi connectivity index (χ2n) is 9.89. The van der Waals surface area contributed by atoms with Gasteiger partial charge in [0.25, 0.3) is 0 Å². The molecule has 7 rings (SSSR count). The first-order valence-electron chi connectivity index (χ1n) is 11.6. The van der Waals surface area contributed by atoms with E-state index < -0.39 is 0 Å². The number of aromatic nitrogens is 3. The summed E-state index contributed by atoms with van der Waals surface area (Å²) in [6, 6.07) is 14.0. The number of thioether (sulfide) groups is 1. The van der Waals surface area contributed by atoms with Crippen molar-refractivity contribution in [2.45, 2.75) is 55.8 Å². The first-order valence-corrected chi connectivity index (χ1v) is 12.6. The van der Waals surface area contributed by atoms with Crippen LogP contribution in [0.25, 0.3) is 11.6 Å². The number of benzene rings is 1. The predicted molar refractivity (Wildman–Crippen MR) is 123 cm³/mol. The SMILES string of the molecule is O=C(CSc1nnc(-c2ccco2)n1Cc1ccccc1)NC12CC3CC(CC(C3)C1)C2. The monoisotopic (exact) mass is 448 g/mol. The summed E-state index contributed by atoms with van der Waals surface area (Å²) in [5.41, 5.74) is 1.20. The molecule has 2 aromatic heterocycles. The molecule has 0 unspecified atom stereocenters. The number of nitrogens with zero attached hydrogens (tertiary/aromatic N) is 3. The van der Waals surface area contributed by atoms with E-state index in [9.17, 15) is 4.79 Å². The van der Waals surface area contributed by atoms with Gasteiger partial charge >= 0.3 is 0 Å². The van der Waals surface area contributed by atoms with Gasteiger partial charge in [0.1, 0.15) is 0 Å². The first kappa shape index (κ1) is 20.1. The predicted octanol–water partition coefficient (Wildman–Crippen LogP) is 4.76. The lowest BCUT2D eigenvalue weighted by atomic mass is 9.53. The van der Waals surface area contributed by atoms with Gasteiger partial charge in [-0.15, -0.1) is 10.2 Å². The van der Waals surface area contributed by atoms with Crippen LogP contribution in [0.3, 0.4) is 0 Å². The molecular formula is C25H28N4O2S. The van der Waals surface area contributed by atoms with E-state index in [2.05, 4.69) is 27.6 Å². The number of furan rings is 1. The van der Waals surface area contributed by atoms with E-state index in [1.54, 1.807) is 6.26 Å². The third-order valence-electron chi connectivity index (χ3n) is 7.42. The van der Waals surface area contributed by atoms with Gasteiger partial charge in [0, 0.05) is 5.54 Å². The highest BCUT2D eigenvalue weighted by Gasteiger charge is 2.51. The summed E-state index contributed by atoms with van der Waals surface area (Å²) in [7, 11) is 0. The van der Waals surface area contributed by atoms with Crippen molar-refractivity contribution in [3.05, 3.63) is 54.3 Å². The van der Waals surface area contributed by atoms with E-state index in [-0.39, 0.29) is 11.4 Å². The third kappa shape index (κ3) is 3.87. The van der Waals surface area contributed by atoms with E-state index in [1.165, 1.54) is 50.3 Å². The summed E-state index contributed by atoms with van der Waals surface area (Å²) >= 11 is 1.46. The summed E-state index contributed by atoms with van der Waals surface area (Å²) in [4.78, 5) is 13.0. The summed E-state index contributed by atoms with van der Waals surface area (Å²) in [6.07, 6.45) is 9.28. The topological polar surface area (TPSA) is 73.0 Å². The molecule has 32 heavy (non-hydrogen) atoms. The average molecular weight is 449 g/mol. The molecule has 0 radical (unpaired) electrons. The molecule has 0 saturated heterocycles. The Kier molecular flexibility index (Phi) is 5.09. The van der Waals surface area contributed by atoms with Crippen LogP contribution in [-0.2, 0) is 11.3 Å². The minimum Gasteiger partial charge on any atom is -0.461 e. The van der Waals surface area contributed by atoms with E-state index in [1.807, 2.05) is 34.9 Å². The van der Waals surface area contributed by atoms with E-state index >= 15 is 0 Å². The molecule has 1 amide bonds. The van der Waals surface area contributed by atoms with Crippen molar-refractivity contribution in [3.63, 3.8) is 0 Å². The van der Waals surface area contributed by atoms with Crippen LogP contribution < -0.4 is 5.32 Å². The first-order chi connectivity index (χ1) is 15.7. The maximum atomic E-state index is 13.0. The van der Waals surface area contributed by atoms with Crippen molar-refractivity contribution in [1.82, 2.24) is 20.1 Å². The second kappa shape index (κ2) is 8.10. The van der Waals surface area contributed by atoms with Crippen LogP contribution in [0.4, 0.5) is 0 Å². The molecule has 4 aliphatic carbocycles. The lowest BCUT2D eigenvalue weighted by Crippen LogP contribution is -2.60. The third-order valence-corrected chi connectivity index (χ3v) is 8.38. The van der Waals surface area contributed by atoms with Crippen molar-refractivity contribution in [3.8, 4) is 11.6 Å². The summed E-state index contributed by atoms with van der Waals surface area (Å²) in [6.45, 7) is 0.628. The highest BCUT2D eigenvalue weighted by Crippen LogP contribution is 2.55. The molecule has 1 N–H and O–H groups in total. The molecule has 6 nitrogen and oxygen atoms in total. The Balaban J connectivity index is 1.17. The largest absolute Gasteiger partial charge is 0.461 e. The summed E-state index contributed by atoms with van der Waals surface area (Å²) < 4.78 is 7.62. The Bertz CT molecular complexity index is 1060. The number of carbonyl (C=O) groups excluding carboxylic acids is 1. The fraction of sp³-hybridized carbons (Fsp3) is 0.480. The highest BCUT2D eigenvalue weighted by atomic mass is 32.2. The minimum absolute atomic E-state index is 0.0451. The van der Waals surface area contributed by atoms with Gasteiger partial charge in [-0.25, -0.2) is 0 Å². The van der Waals surface area contributed by atoms with Crippen LogP contribution in [0.2, 0.25) is 0 Å². The van der Waals surface area contributed by atoms with Crippen LogP contribution in [-0.4, -0.2) is 32.0 Å². The number of amides is 1. The normalized spacial score (nSPS) is 28.2. The number of rotatable bonds is 7. The Morgan fingerprint density at radius 2 is 1.75 bits per heavy atom. The van der Waals surface area contributed by atoms with Gasteiger partial charge in [-0.3, -0.25) is 9.36 Å². The molecule has 0 spiro atoms. The number of carbonyl (C=O) groups is 1. The number of hydrogen-bond donors (Lipinski definition) is 1. The molecule has 0 atom stereocenters. The highest BCUT2D eigenvalue weighted by molar-refractivity contribution is 7.99. The standard InChI is InChI=1S/C25H28N4O2S/c30-22(26-25-12-18-9-19(13-25)11-20(10-18)14-25)16-32-24-28-27-23(21-7-4-8-31-21)29(24)15-17-5-2-1-3-6-17/h1-8,18-20H,9-16H2,(H,26,30). The second-order valence-corrected chi connectivity index (χ2v) is 10.8. The Morgan fingerprint density at radius 3 is 2.41 bits per heavy atom. The van der Waals surface area contributed by atoms with Gasteiger partial charge in [0.2, 0.25) is 11.7 Å². The van der Waals surface area contributed by atoms with Crippen molar-refractivity contribution >= 4 is 17.7 Å². The zero-order chi connectivity index (χ0) is 21.5. The van der Waals surface area contributed by atoms with Crippen LogP contribution >= 0.6 is 11.8 Å². The van der Waals surface area contributed by atoms with Crippen LogP contribution in [0, 0.1) is 17.8 Å². The van der Waals surface area contributed by atoms with Crippen molar-refractivity contribution in [2.75, 3.05) is 5.75 Å². The van der Waals surface area contributed by atoms with Gasteiger partial charge in [0.05, 0.1) is 18.6 Å². The maximum absolute atomic E-state index is 13.0. The van der Waals surface area contributed by atoms with Gasteiger partial charge in [-0.2, -0.15) is 0 Å². The molecule has 4 bridgehead atoms. The van der Waals surface area contributed by atoms with Crippen molar-refractivity contribution < 1.29 is 9.21 Å². The smallest absolute Gasteiger partial charge is 0.230 e. The Morgan fingerprint density at radius 1 is 1.03 bits per heavy atom. The summed E-state index contributed by atoms with van der Waals surface area (Å²) in [5, 5.41) is 13.0. The van der Waals surface area contributed by atoms with Gasteiger partial charge in [-0.1, -0.05) is 42.1 Å². The maximum Gasteiger partial charge on any atom is 0.230 e. The quantitative estimate of drug-likeness (QED) is 0.528. The van der Waals surface area contributed by atoms with E-state index in [0.29, 0.717) is 23.9 Å². The Hall–Kier alpha value is -2.54. The lowest BCUT2D eigenvalue weighted by Gasteiger charge is -2.56. The van der Waals surface area contributed by atoms with Crippen LogP contribution in [0.5, 0.6) is 0 Å². The number of nitrogens with one attached hydrogen (secondary N) is 1. The minimum atomic E-state index is 0.0451. The fourth-order valence-electron chi connectivity index (χ4n) is 6.62. The van der Waals surface area contributed by atoms with Gasteiger partial charge in [0.15, 0.2) is 10.9 Å². The van der Waals surface area contributed by atoms with Crippen LogP contribution in [0.1, 0.15) is 44.1 Å². The van der Waals surface area contributed by atoms with Crippen molar-refractivity contribution in [1.29, 1.82) is 0 Å². The molecule has 4 fully saturated rings. The molecule has 3 aromatic rings. The van der Waals surface area contributed by atoms with Crippen LogP contribution in [0.15, 0.2) is 58.3 Å². The number of hydrogen-bond acceptors (Lipinski definition) is 5. The van der Waals surface area contributed by atoms with Gasteiger partial charge in [-0.05, 0) is 74.0 Å². The lowest BCUT2D eigenvalue weighted by molar-refractivity contribution is -0.124. The molecule has 166 valence electrons. The molecule has 4 saturated carbocycles. The molecule has 1 aromatic carbocycles. The fourth-order valence-corrected chi connectivity index (χ4v) is 7.36.